The molecule has 2 saturated heterocycles. The molecule has 0 saturated carbocycles. The lowest BCUT2D eigenvalue weighted by Gasteiger charge is -2.42. The number of aromatic nitrogens is 1. The van der Waals surface area contributed by atoms with Gasteiger partial charge < -0.3 is 9.47 Å². The number of amides is 2. The van der Waals surface area contributed by atoms with Gasteiger partial charge in [0.25, 0.3) is 11.5 Å². The summed E-state index contributed by atoms with van der Waals surface area (Å²) in [5.74, 6) is -0.331. The summed E-state index contributed by atoms with van der Waals surface area (Å²) in [7, 11) is 0. The van der Waals surface area contributed by atoms with Crippen molar-refractivity contribution in [2.45, 2.75) is 25.3 Å². The summed E-state index contributed by atoms with van der Waals surface area (Å²) >= 11 is 6.47. The predicted molar refractivity (Wildman–Crippen MR) is 129 cm³/mol. The standard InChI is InChI=1S/C24H22FN3O3S2/c25-18-5-2-1-4-16(18)11-20-23(31)27(24(32)33-20)9-8-21(29)26-12-15-10-17(14-26)19-6-3-7-22(30)28(19)13-15/h1-7,11,15,17H,8-10,12-14H2/t15-,17-/m1/s1. The number of nitrogens with zero attached hydrogens (tertiary/aromatic N) is 3. The van der Waals surface area contributed by atoms with Gasteiger partial charge in [0.2, 0.25) is 5.91 Å². The van der Waals surface area contributed by atoms with Gasteiger partial charge in [-0.3, -0.25) is 19.3 Å². The lowest BCUT2D eigenvalue weighted by molar-refractivity contribution is -0.134. The first-order valence-electron chi connectivity index (χ1n) is 10.9. The number of carbonyl (C=O) groups excluding carboxylic acids is 2. The number of thiocarbonyl (C=S) groups is 1. The van der Waals surface area contributed by atoms with E-state index in [4.69, 9.17) is 12.2 Å². The molecule has 9 heteroatoms. The molecule has 2 atom stereocenters. The summed E-state index contributed by atoms with van der Waals surface area (Å²) in [5, 5.41) is 0. The molecule has 3 aliphatic heterocycles. The van der Waals surface area contributed by atoms with Gasteiger partial charge in [0.1, 0.15) is 10.1 Å². The van der Waals surface area contributed by atoms with Crippen molar-refractivity contribution in [3.63, 3.8) is 0 Å². The Hall–Kier alpha value is -2.78. The Morgan fingerprint density at radius 3 is 2.76 bits per heavy atom. The number of fused-ring (bicyclic) bond motifs is 4. The van der Waals surface area contributed by atoms with Crippen molar-refractivity contribution >= 4 is 46.2 Å². The first-order chi connectivity index (χ1) is 15.9. The average Bonchev–Trinajstić information content (AvgIpc) is 3.06. The number of piperidine rings is 1. The van der Waals surface area contributed by atoms with Crippen molar-refractivity contribution in [1.29, 1.82) is 0 Å². The summed E-state index contributed by atoms with van der Waals surface area (Å²) in [6, 6.07) is 11.6. The maximum atomic E-state index is 14.0. The molecule has 3 aliphatic rings. The van der Waals surface area contributed by atoms with Gasteiger partial charge in [-0.05, 0) is 30.5 Å². The minimum absolute atomic E-state index is 0.0137. The number of pyridine rings is 1. The van der Waals surface area contributed by atoms with Crippen LogP contribution in [0.1, 0.15) is 30.0 Å². The molecule has 2 amide bonds. The number of benzene rings is 1. The monoisotopic (exact) mass is 483 g/mol. The Morgan fingerprint density at radius 2 is 1.94 bits per heavy atom. The van der Waals surface area contributed by atoms with E-state index in [1.165, 1.54) is 17.0 Å². The van der Waals surface area contributed by atoms with Crippen LogP contribution in [0.3, 0.4) is 0 Å². The summed E-state index contributed by atoms with van der Waals surface area (Å²) in [6.45, 7) is 2.01. The van der Waals surface area contributed by atoms with Gasteiger partial charge in [-0.15, -0.1) is 0 Å². The molecule has 0 radical (unpaired) electrons. The number of hydrogen-bond donors (Lipinski definition) is 0. The van der Waals surface area contributed by atoms with E-state index >= 15 is 0 Å². The number of thioether (sulfide) groups is 1. The molecule has 1 aromatic heterocycles. The normalized spacial score (nSPS) is 23.2. The van der Waals surface area contributed by atoms with Crippen LogP contribution in [0.2, 0.25) is 0 Å². The third-order valence-corrected chi connectivity index (χ3v) is 7.82. The Morgan fingerprint density at radius 1 is 1.12 bits per heavy atom. The maximum absolute atomic E-state index is 14.0. The van der Waals surface area contributed by atoms with Crippen molar-refractivity contribution in [3.05, 3.63) is 74.8 Å². The second-order valence-electron chi connectivity index (χ2n) is 8.60. The van der Waals surface area contributed by atoms with Gasteiger partial charge >= 0.3 is 0 Å². The van der Waals surface area contributed by atoms with Crippen molar-refractivity contribution in [1.82, 2.24) is 14.4 Å². The highest BCUT2D eigenvalue weighted by Crippen LogP contribution is 2.36. The van der Waals surface area contributed by atoms with E-state index in [2.05, 4.69) is 0 Å². The molecule has 1 aromatic carbocycles. The highest BCUT2D eigenvalue weighted by atomic mass is 32.2. The van der Waals surface area contributed by atoms with Crippen molar-refractivity contribution in [3.8, 4) is 0 Å². The second-order valence-corrected chi connectivity index (χ2v) is 10.3. The highest BCUT2D eigenvalue weighted by Gasteiger charge is 2.37. The van der Waals surface area contributed by atoms with E-state index in [0.717, 1.165) is 23.9 Å². The van der Waals surface area contributed by atoms with Crippen LogP contribution in [0.4, 0.5) is 4.39 Å². The molecule has 0 aliphatic carbocycles. The van der Waals surface area contributed by atoms with Gasteiger partial charge in [-0.1, -0.05) is 48.2 Å². The lowest BCUT2D eigenvalue weighted by Crippen LogP contribution is -2.49. The quantitative estimate of drug-likeness (QED) is 0.494. The summed E-state index contributed by atoms with van der Waals surface area (Å²) in [6.07, 6.45) is 2.64. The highest BCUT2D eigenvalue weighted by molar-refractivity contribution is 8.26. The largest absolute Gasteiger partial charge is 0.342 e. The van der Waals surface area contributed by atoms with Crippen LogP contribution in [-0.2, 0) is 16.1 Å². The summed E-state index contributed by atoms with van der Waals surface area (Å²) < 4.78 is 16.2. The Balaban J connectivity index is 1.24. The van der Waals surface area contributed by atoms with Crippen LogP contribution in [0, 0.1) is 11.7 Å². The SMILES string of the molecule is O=C(CCN1C(=O)C(=Cc2ccccc2F)SC1=S)N1C[C@H]2C[C@H](C1)c1cccc(=O)n1C2. The molecule has 5 rings (SSSR count). The van der Waals surface area contributed by atoms with E-state index in [9.17, 15) is 18.8 Å². The molecule has 2 aromatic rings. The molecule has 2 bridgehead atoms. The van der Waals surface area contributed by atoms with Crippen molar-refractivity contribution < 1.29 is 14.0 Å². The molecular formula is C24H22FN3O3S2. The van der Waals surface area contributed by atoms with Crippen LogP contribution < -0.4 is 5.56 Å². The van der Waals surface area contributed by atoms with Crippen molar-refractivity contribution in [2.24, 2.45) is 5.92 Å². The van der Waals surface area contributed by atoms with Gasteiger partial charge in [-0.2, -0.15) is 0 Å². The predicted octanol–water partition coefficient (Wildman–Crippen LogP) is 3.22. The van der Waals surface area contributed by atoms with Gasteiger partial charge in [0.05, 0.1) is 4.91 Å². The van der Waals surface area contributed by atoms with Crippen LogP contribution in [0.15, 0.2) is 52.2 Å². The molecule has 170 valence electrons. The smallest absolute Gasteiger partial charge is 0.266 e. The van der Waals surface area contributed by atoms with Crippen LogP contribution in [0.5, 0.6) is 0 Å². The molecule has 4 heterocycles. The van der Waals surface area contributed by atoms with Gasteiger partial charge in [0, 0.05) is 55.8 Å². The molecule has 2 fully saturated rings. The number of halogens is 1. The summed E-state index contributed by atoms with van der Waals surface area (Å²) in [4.78, 5) is 41.6. The first kappa shape index (κ1) is 22.0. The topological polar surface area (TPSA) is 62.6 Å². The minimum atomic E-state index is -0.405. The zero-order valence-corrected chi connectivity index (χ0v) is 19.4. The fourth-order valence-corrected chi connectivity index (χ4v) is 6.19. The van der Waals surface area contributed by atoms with Gasteiger partial charge in [-0.25, -0.2) is 4.39 Å². The zero-order chi connectivity index (χ0) is 23.1. The van der Waals surface area contributed by atoms with Crippen molar-refractivity contribution in [2.75, 3.05) is 19.6 Å². The maximum Gasteiger partial charge on any atom is 0.266 e. The Labute approximate surface area is 200 Å². The summed E-state index contributed by atoms with van der Waals surface area (Å²) in [5.41, 5.74) is 1.33. The number of hydrogen-bond acceptors (Lipinski definition) is 5. The van der Waals surface area contributed by atoms with Crippen LogP contribution in [-0.4, -0.2) is 50.1 Å². The molecule has 0 N–H and O–H groups in total. The molecule has 33 heavy (non-hydrogen) atoms. The van der Waals surface area contributed by atoms with Crippen LogP contribution in [0.25, 0.3) is 6.08 Å². The molecule has 6 nitrogen and oxygen atoms in total. The molecule has 0 spiro atoms. The molecular weight excluding hydrogens is 461 g/mol. The van der Waals surface area contributed by atoms with E-state index in [1.807, 2.05) is 15.5 Å². The first-order valence-corrected chi connectivity index (χ1v) is 12.1. The average molecular weight is 484 g/mol. The van der Waals surface area contributed by atoms with Crippen LogP contribution >= 0.6 is 24.0 Å². The number of likely N-dealkylation sites (tertiary alicyclic amines) is 1. The van der Waals surface area contributed by atoms with E-state index in [1.54, 1.807) is 30.3 Å². The number of carbonyl (C=O) groups is 2. The molecule has 0 unspecified atom stereocenters. The second kappa shape index (κ2) is 8.87. The fourth-order valence-electron chi connectivity index (χ4n) is 4.89. The van der Waals surface area contributed by atoms with Gasteiger partial charge in [0.15, 0.2) is 0 Å². The van der Waals surface area contributed by atoms with E-state index < -0.39 is 5.82 Å². The Kier molecular flexibility index (Phi) is 5.92. The third-order valence-electron chi connectivity index (χ3n) is 6.45. The zero-order valence-electron chi connectivity index (χ0n) is 17.8. The minimum Gasteiger partial charge on any atom is -0.342 e. The van der Waals surface area contributed by atoms with E-state index in [0.29, 0.717) is 34.4 Å². The fraction of sp³-hybridized carbons (Fsp3) is 0.333. The Bertz CT molecular complexity index is 1240. The van der Waals surface area contributed by atoms with E-state index in [-0.39, 0.29) is 42.2 Å². The lowest BCUT2D eigenvalue weighted by atomic mass is 9.83. The third kappa shape index (κ3) is 4.27. The number of rotatable bonds is 4.